The molecule has 0 aliphatic carbocycles. The van der Waals surface area contributed by atoms with Gasteiger partial charge in [0.25, 0.3) is 0 Å². The molecule has 0 aromatic heterocycles. The van der Waals surface area contributed by atoms with E-state index in [0.717, 1.165) is 22.3 Å². The van der Waals surface area contributed by atoms with Gasteiger partial charge in [0, 0.05) is 0 Å². The summed E-state index contributed by atoms with van der Waals surface area (Å²) in [7, 11) is 0. The van der Waals surface area contributed by atoms with Gasteiger partial charge in [0.2, 0.25) is 0 Å². The number of phenolic OH excluding ortho intramolecular Hbond substituents is 4. The highest BCUT2D eigenvalue weighted by molar-refractivity contribution is 6.33. The summed E-state index contributed by atoms with van der Waals surface area (Å²) in [5.74, 6) is 0.149. The number of halogens is 4. The van der Waals surface area contributed by atoms with Crippen LogP contribution in [0.4, 0.5) is 0 Å². The average Bonchev–Trinajstić information content (AvgIpc) is 2.76. The van der Waals surface area contributed by atoms with Gasteiger partial charge in [-0.15, -0.1) is 0 Å². The standard InChI is InChI=1S/2C12H8Cl2O2/c2*13-9-5-7(1-3-11(9)15)8-2-4-12(16)10(14)6-8/h2*1-6,15-16H. The van der Waals surface area contributed by atoms with Crippen LogP contribution in [-0.2, 0) is 0 Å². The van der Waals surface area contributed by atoms with Crippen molar-refractivity contribution in [3.63, 3.8) is 0 Å². The summed E-state index contributed by atoms with van der Waals surface area (Å²) < 4.78 is 0. The zero-order chi connectivity index (χ0) is 23.4. The molecule has 0 heterocycles. The molecule has 0 aliphatic rings. The number of phenols is 4. The quantitative estimate of drug-likeness (QED) is 0.220. The van der Waals surface area contributed by atoms with Crippen LogP contribution in [-0.4, -0.2) is 20.4 Å². The molecular formula is C24H16Cl4O4. The van der Waals surface area contributed by atoms with Gasteiger partial charge < -0.3 is 20.4 Å². The highest BCUT2D eigenvalue weighted by atomic mass is 35.5. The third kappa shape index (κ3) is 5.72. The van der Waals surface area contributed by atoms with Crippen molar-refractivity contribution >= 4 is 46.4 Å². The van der Waals surface area contributed by atoms with E-state index in [4.69, 9.17) is 46.4 Å². The van der Waals surface area contributed by atoms with E-state index >= 15 is 0 Å². The van der Waals surface area contributed by atoms with Crippen LogP contribution < -0.4 is 0 Å². The molecule has 0 saturated heterocycles. The van der Waals surface area contributed by atoms with Crippen LogP contribution in [0.5, 0.6) is 23.0 Å². The first kappa shape index (κ1) is 23.9. The summed E-state index contributed by atoms with van der Waals surface area (Å²) in [4.78, 5) is 0. The van der Waals surface area contributed by atoms with Crippen LogP contribution in [0, 0.1) is 0 Å². The fraction of sp³-hybridized carbons (Fsp3) is 0. The van der Waals surface area contributed by atoms with Gasteiger partial charge >= 0.3 is 0 Å². The van der Waals surface area contributed by atoms with Crippen molar-refractivity contribution in [1.29, 1.82) is 0 Å². The molecule has 8 heteroatoms. The van der Waals surface area contributed by atoms with Crippen molar-refractivity contribution in [2.75, 3.05) is 0 Å². The Morgan fingerprint density at radius 3 is 0.688 bits per heavy atom. The Hall–Kier alpha value is -2.76. The summed E-state index contributed by atoms with van der Waals surface area (Å²) in [6.45, 7) is 0. The lowest BCUT2D eigenvalue weighted by Crippen LogP contribution is -1.79. The normalized spacial score (nSPS) is 10.4. The van der Waals surface area contributed by atoms with Crippen LogP contribution in [0.15, 0.2) is 72.8 Å². The molecule has 4 rings (SSSR count). The molecule has 0 amide bonds. The second-order valence-electron chi connectivity index (χ2n) is 6.66. The molecule has 0 aliphatic heterocycles. The van der Waals surface area contributed by atoms with Crippen molar-refractivity contribution in [2.45, 2.75) is 0 Å². The molecule has 0 atom stereocenters. The molecule has 0 unspecified atom stereocenters. The van der Waals surface area contributed by atoms with E-state index in [0.29, 0.717) is 0 Å². The first-order chi connectivity index (χ1) is 15.2. The van der Waals surface area contributed by atoms with Crippen LogP contribution in [0.3, 0.4) is 0 Å². The van der Waals surface area contributed by atoms with Gasteiger partial charge in [-0.25, -0.2) is 0 Å². The number of hydrogen-bond acceptors (Lipinski definition) is 4. The Balaban J connectivity index is 0.000000181. The largest absolute Gasteiger partial charge is 0.506 e. The molecule has 0 saturated carbocycles. The molecule has 0 bridgehead atoms. The number of aromatic hydroxyl groups is 4. The Morgan fingerprint density at radius 2 is 0.531 bits per heavy atom. The number of benzene rings is 4. The maximum atomic E-state index is 9.29. The molecule has 4 N–H and O–H groups in total. The molecule has 4 aromatic rings. The van der Waals surface area contributed by atoms with Gasteiger partial charge in [0.1, 0.15) is 23.0 Å². The van der Waals surface area contributed by atoms with E-state index in [1.807, 2.05) is 0 Å². The van der Waals surface area contributed by atoms with E-state index < -0.39 is 0 Å². The van der Waals surface area contributed by atoms with Crippen molar-refractivity contribution in [1.82, 2.24) is 0 Å². The predicted octanol–water partition coefficient (Wildman–Crippen LogP) is 8.14. The Morgan fingerprint density at radius 1 is 0.344 bits per heavy atom. The topological polar surface area (TPSA) is 80.9 Å². The van der Waals surface area contributed by atoms with E-state index in [1.165, 1.54) is 24.3 Å². The van der Waals surface area contributed by atoms with E-state index in [-0.39, 0.29) is 43.1 Å². The first-order valence-electron chi connectivity index (χ1n) is 9.10. The highest BCUT2D eigenvalue weighted by Gasteiger charge is 2.06. The zero-order valence-corrected chi connectivity index (χ0v) is 19.3. The number of hydrogen-bond donors (Lipinski definition) is 4. The average molecular weight is 510 g/mol. The minimum absolute atomic E-state index is 0.0373. The summed E-state index contributed by atoms with van der Waals surface area (Å²) in [6.07, 6.45) is 0. The van der Waals surface area contributed by atoms with Crippen LogP contribution in [0.2, 0.25) is 20.1 Å². The Bertz CT molecular complexity index is 1080. The monoisotopic (exact) mass is 508 g/mol. The minimum atomic E-state index is 0.0373. The van der Waals surface area contributed by atoms with Gasteiger partial charge in [-0.3, -0.25) is 0 Å². The van der Waals surface area contributed by atoms with Gasteiger partial charge in [0.15, 0.2) is 0 Å². The van der Waals surface area contributed by atoms with Crippen molar-refractivity contribution in [3.8, 4) is 45.3 Å². The first-order valence-corrected chi connectivity index (χ1v) is 10.6. The SMILES string of the molecule is Oc1ccc(-c2ccc(O)c(Cl)c2)cc1Cl.Oc1ccc(-c2ccc(O)c(Cl)c2)cc1Cl. The van der Waals surface area contributed by atoms with Crippen LogP contribution in [0.1, 0.15) is 0 Å². The van der Waals surface area contributed by atoms with Gasteiger partial charge in [-0.05, 0) is 70.8 Å². The molecule has 4 nitrogen and oxygen atoms in total. The lowest BCUT2D eigenvalue weighted by Gasteiger charge is -2.05. The maximum absolute atomic E-state index is 9.29. The molecule has 164 valence electrons. The molecule has 0 spiro atoms. The second-order valence-corrected chi connectivity index (χ2v) is 8.29. The van der Waals surface area contributed by atoms with Gasteiger partial charge in [-0.1, -0.05) is 70.7 Å². The molecule has 0 fully saturated rings. The molecular weight excluding hydrogens is 494 g/mol. The third-order valence-electron chi connectivity index (χ3n) is 4.46. The van der Waals surface area contributed by atoms with Crippen LogP contribution in [0.25, 0.3) is 22.3 Å². The zero-order valence-electron chi connectivity index (χ0n) is 16.2. The lowest BCUT2D eigenvalue weighted by molar-refractivity contribution is 0.475. The molecule has 32 heavy (non-hydrogen) atoms. The van der Waals surface area contributed by atoms with Crippen molar-refractivity contribution in [3.05, 3.63) is 92.9 Å². The van der Waals surface area contributed by atoms with E-state index in [2.05, 4.69) is 0 Å². The predicted molar refractivity (Wildman–Crippen MR) is 130 cm³/mol. The van der Waals surface area contributed by atoms with E-state index in [9.17, 15) is 20.4 Å². The summed E-state index contributed by atoms with van der Waals surface area (Å²) in [5, 5.41) is 38.3. The van der Waals surface area contributed by atoms with Gasteiger partial charge in [0.05, 0.1) is 20.1 Å². The molecule has 0 radical (unpaired) electrons. The number of rotatable bonds is 2. The molecule has 4 aromatic carbocycles. The summed E-state index contributed by atoms with van der Waals surface area (Å²) in [6, 6.07) is 19.5. The Kier molecular flexibility index (Phi) is 7.64. The third-order valence-corrected chi connectivity index (χ3v) is 5.67. The smallest absolute Gasteiger partial charge is 0.134 e. The second kappa shape index (κ2) is 10.2. The van der Waals surface area contributed by atoms with Crippen molar-refractivity contribution in [2.24, 2.45) is 0 Å². The lowest BCUT2D eigenvalue weighted by atomic mass is 10.1. The summed E-state index contributed by atoms with van der Waals surface area (Å²) in [5.41, 5.74) is 3.30. The Labute approximate surface area is 204 Å². The van der Waals surface area contributed by atoms with Crippen LogP contribution >= 0.6 is 46.4 Å². The highest BCUT2D eigenvalue weighted by Crippen LogP contribution is 2.34. The fourth-order valence-corrected chi connectivity index (χ4v) is 3.47. The van der Waals surface area contributed by atoms with E-state index in [1.54, 1.807) is 48.5 Å². The maximum Gasteiger partial charge on any atom is 0.134 e. The van der Waals surface area contributed by atoms with Gasteiger partial charge in [-0.2, -0.15) is 0 Å². The fourth-order valence-electron chi connectivity index (χ4n) is 2.75. The minimum Gasteiger partial charge on any atom is -0.506 e. The summed E-state index contributed by atoms with van der Waals surface area (Å²) >= 11 is 23.2. The van der Waals surface area contributed by atoms with Crippen molar-refractivity contribution < 1.29 is 20.4 Å².